The summed E-state index contributed by atoms with van der Waals surface area (Å²) in [6, 6.07) is 34.7. The van der Waals surface area contributed by atoms with Crippen LogP contribution in [0.5, 0.6) is 17.2 Å². The molecule has 0 fully saturated rings. The molecule has 6 aromatic rings. The predicted octanol–water partition coefficient (Wildman–Crippen LogP) is 10.8. The maximum atomic E-state index is 14.6. The van der Waals surface area contributed by atoms with Gasteiger partial charge in [-0.05, 0) is 96.8 Å². The highest BCUT2D eigenvalue weighted by Crippen LogP contribution is 2.35. The number of carbonyl (C=O) groups excluding carboxylic acids is 4. The Morgan fingerprint density at radius 1 is 0.581 bits per heavy atom. The minimum atomic E-state index is -2.41. The van der Waals surface area contributed by atoms with Gasteiger partial charge in [0.15, 0.2) is 0 Å². The normalized spacial score (nSPS) is 12.9. The number of halogens is 5. The molecule has 17 heteroatoms. The van der Waals surface area contributed by atoms with E-state index in [4.69, 9.17) is 23.7 Å². The molecule has 0 radical (unpaired) electrons. The van der Waals surface area contributed by atoms with Crippen LogP contribution in [-0.4, -0.2) is 52.8 Å². The van der Waals surface area contributed by atoms with Crippen molar-refractivity contribution in [3.63, 3.8) is 0 Å². The monoisotopic (exact) mass is 1020 g/mol. The largest absolute Gasteiger partial charge is 0.489 e. The van der Waals surface area contributed by atoms with E-state index in [1.54, 1.807) is 94.4 Å². The lowest BCUT2D eigenvalue weighted by Crippen LogP contribution is -2.54. The molecule has 0 aliphatic heterocycles. The first kappa shape index (κ1) is 55.5. The Morgan fingerprint density at radius 3 is 1.51 bits per heavy atom. The molecule has 0 bridgehead atoms. The summed E-state index contributed by atoms with van der Waals surface area (Å²) in [6.45, 7) is 8.05. The van der Waals surface area contributed by atoms with Crippen molar-refractivity contribution in [2.24, 2.45) is 5.92 Å². The maximum Gasteiger partial charge on any atom is 0.408 e. The molecule has 3 N–H and O–H groups in total. The van der Waals surface area contributed by atoms with Gasteiger partial charge in [-0.3, -0.25) is 9.59 Å². The van der Waals surface area contributed by atoms with Crippen LogP contribution in [-0.2, 0) is 56.5 Å². The number of benzene rings is 6. The summed E-state index contributed by atoms with van der Waals surface area (Å²) in [5.74, 6) is -16.8. The van der Waals surface area contributed by atoms with E-state index in [1.807, 2.05) is 60.7 Å². The van der Waals surface area contributed by atoms with Crippen LogP contribution in [0.2, 0.25) is 0 Å². The van der Waals surface area contributed by atoms with Gasteiger partial charge in [-0.25, -0.2) is 22.8 Å². The molecule has 6 rings (SSSR count). The molecule has 0 unspecified atom stereocenters. The van der Waals surface area contributed by atoms with E-state index < -0.39 is 88.5 Å². The van der Waals surface area contributed by atoms with Crippen molar-refractivity contribution < 1.29 is 69.9 Å². The van der Waals surface area contributed by atoms with Gasteiger partial charge in [0.05, 0.1) is 12.0 Å². The Labute approximate surface area is 425 Å². The fourth-order valence-electron chi connectivity index (χ4n) is 7.51. The number of alkyl carbamates (subject to hydrolysis) is 1. The van der Waals surface area contributed by atoms with Gasteiger partial charge in [-0.1, -0.05) is 117 Å². The first-order valence-corrected chi connectivity index (χ1v) is 23.8. The van der Waals surface area contributed by atoms with Crippen molar-refractivity contribution in [3.8, 4) is 28.4 Å². The molecule has 12 nitrogen and oxygen atoms in total. The molecule has 0 saturated carbocycles. The van der Waals surface area contributed by atoms with Crippen LogP contribution < -0.4 is 24.8 Å². The van der Waals surface area contributed by atoms with E-state index in [9.17, 15) is 46.2 Å². The van der Waals surface area contributed by atoms with Gasteiger partial charge in [0.1, 0.15) is 49.0 Å². The zero-order chi connectivity index (χ0) is 53.5. The average molecular weight is 1030 g/mol. The van der Waals surface area contributed by atoms with Gasteiger partial charge >= 0.3 is 18.0 Å². The number of amides is 2. The highest BCUT2D eigenvalue weighted by molar-refractivity contribution is 5.90. The second-order valence-corrected chi connectivity index (χ2v) is 18.5. The molecule has 0 aromatic heterocycles. The predicted molar refractivity (Wildman–Crippen MR) is 264 cm³/mol. The Balaban J connectivity index is 1.38. The molecule has 0 aliphatic carbocycles. The van der Waals surface area contributed by atoms with Crippen LogP contribution in [0.3, 0.4) is 0 Å². The third kappa shape index (κ3) is 15.6. The zero-order valence-corrected chi connectivity index (χ0v) is 41.4. The number of hydrogen-bond donors (Lipinski definition) is 3. The summed E-state index contributed by atoms with van der Waals surface area (Å²) in [7, 11) is 0. The van der Waals surface area contributed by atoms with Crippen molar-refractivity contribution >= 4 is 23.9 Å². The molecule has 2 amide bonds. The zero-order valence-electron chi connectivity index (χ0n) is 41.4. The molecule has 0 heterocycles. The fraction of sp³-hybridized carbons (Fsp3) is 0.298. The fourth-order valence-corrected chi connectivity index (χ4v) is 7.51. The molecule has 0 spiro atoms. The summed E-state index contributed by atoms with van der Waals surface area (Å²) in [5.41, 5.74) is 3.25. The maximum absolute atomic E-state index is 14.6. The van der Waals surface area contributed by atoms with Crippen LogP contribution in [0.4, 0.5) is 26.7 Å². The van der Waals surface area contributed by atoms with Gasteiger partial charge in [0, 0.05) is 12.8 Å². The summed E-state index contributed by atoms with van der Waals surface area (Å²) in [6.07, 6.45) is -2.32. The smallest absolute Gasteiger partial charge is 0.408 e. The Bertz CT molecular complexity index is 2860. The molecule has 4 atom stereocenters. The summed E-state index contributed by atoms with van der Waals surface area (Å²) < 4.78 is 99.7. The summed E-state index contributed by atoms with van der Waals surface area (Å²) >= 11 is 0. The minimum absolute atomic E-state index is 0.0905. The SMILES string of the molecule is CC[C@H](O)C[C@H](NC(=O)OC(C)(C)C)C(=O)N[C@@H](Cc1cc(-c2ccc(OCc3ccccc3)c(C[C@H](C)C(=O)Oc3c(F)c(F)c(F)c(F)c3F)c2)ccc1OCc1ccccc1)C(=O)OCc1ccccc1. The van der Waals surface area contributed by atoms with Gasteiger partial charge in [0.2, 0.25) is 40.7 Å². The lowest BCUT2D eigenvalue weighted by molar-refractivity contribution is -0.149. The first-order chi connectivity index (χ1) is 35.3. The van der Waals surface area contributed by atoms with Crippen LogP contribution in [0, 0.1) is 35.0 Å². The Kier molecular flexibility index (Phi) is 19.3. The first-order valence-electron chi connectivity index (χ1n) is 23.8. The number of rotatable bonds is 22. The quantitative estimate of drug-likeness (QED) is 0.0196. The van der Waals surface area contributed by atoms with Crippen molar-refractivity contribution in [2.75, 3.05) is 0 Å². The van der Waals surface area contributed by atoms with Crippen LogP contribution in [0.1, 0.15) is 75.3 Å². The number of esters is 2. The van der Waals surface area contributed by atoms with Crippen molar-refractivity contribution in [1.82, 2.24) is 10.6 Å². The van der Waals surface area contributed by atoms with E-state index in [1.165, 1.54) is 6.92 Å². The third-order valence-corrected chi connectivity index (χ3v) is 11.5. The standard InChI is InChI=1S/C57H57F5N2O10/c1-6-42(65)30-43(64-56(69)74-57(3,4)5)53(66)63-44(55(68)72-33-37-20-14-9-15-21-37)29-41-28-39(23-25-46(41)71-32-36-18-12-8-13-19-36)38-22-24-45(70-31-35-16-10-7-11-17-35)40(27-38)26-34(2)54(67)73-52-50(61)48(59)47(58)49(60)51(52)62/h7-25,27-28,34,42-44,65H,6,26,29-33H2,1-5H3,(H,63,66)(H,64,69)/t34-,42-,43-,44-/m0/s1. The highest BCUT2D eigenvalue weighted by atomic mass is 19.2. The highest BCUT2D eigenvalue weighted by Gasteiger charge is 2.33. The number of hydrogen-bond acceptors (Lipinski definition) is 10. The van der Waals surface area contributed by atoms with E-state index in [2.05, 4.69) is 10.6 Å². The van der Waals surface area contributed by atoms with E-state index in [-0.39, 0.29) is 45.5 Å². The van der Waals surface area contributed by atoms with Crippen LogP contribution >= 0.6 is 0 Å². The second kappa shape index (κ2) is 25.7. The van der Waals surface area contributed by atoms with E-state index >= 15 is 0 Å². The minimum Gasteiger partial charge on any atom is -0.489 e. The molecule has 6 aromatic carbocycles. The second-order valence-electron chi connectivity index (χ2n) is 18.5. The van der Waals surface area contributed by atoms with Crippen LogP contribution in [0.15, 0.2) is 127 Å². The lowest BCUT2D eigenvalue weighted by atomic mass is 9.94. The molecule has 0 saturated heterocycles. The van der Waals surface area contributed by atoms with Gasteiger partial charge in [-0.15, -0.1) is 0 Å². The molecular formula is C57H57F5N2O10. The Hall–Kier alpha value is -7.79. The van der Waals surface area contributed by atoms with Gasteiger partial charge < -0.3 is 39.4 Å². The van der Waals surface area contributed by atoms with E-state index in [0.29, 0.717) is 39.3 Å². The number of ether oxygens (including phenoxy) is 5. The Morgan fingerprint density at radius 2 is 1.04 bits per heavy atom. The van der Waals surface area contributed by atoms with E-state index in [0.717, 1.165) is 11.1 Å². The van der Waals surface area contributed by atoms with Gasteiger partial charge in [0.25, 0.3) is 0 Å². The topological polar surface area (TPSA) is 159 Å². The summed E-state index contributed by atoms with van der Waals surface area (Å²) in [4.78, 5) is 54.8. The number of nitrogens with one attached hydrogen (secondary N) is 2. The summed E-state index contributed by atoms with van der Waals surface area (Å²) in [5, 5.41) is 15.9. The lowest BCUT2D eigenvalue weighted by Gasteiger charge is -2.26. The van der Waals surface area contributed by atoms with Crippen molar-refractivity contribution in [2.45, 2.75) is 104 Å². The molecule has 390 valence electrons. The molecule has 0 aliphatic rings. The number of aliphatic hydroxyl groups is 1. The number of aliphatic hydroxyl groups excluding tert-OH is 1. The molecular weight excluding hydrogens is 968 g/mol. The third-order valence-electron chi connectivity index (χ3n) is 11.5. The number of carbonyl (C=O) groups is 4. The average Bonchev–Trinajstić information content (AvgIpc) is 3.39. The molecule has 74 heavy (non-hydrogen) atoms. The van der Waals surface area contributed by atoms with Crippen molar-refractivity contribution in [3.05, 3.63) is 184 Å². The van der Waals surface area contributed by atoms with Gasteiger partial charge in [-0.2, -0.15) is 8.78 Å². The van der Waals surface area contributed by atoms with Crippen molar-refractivity contribution in [1.29, 1.82) is 0 Å². The van der Waals surface area contributed by atoms with Crippen LogP contribution in [0.25, 0.3) is 11.1 Å².